The van der Waals surface area contributed by atoms with Crippen LogP contribution in [0.4, 0.5) is 0 Å². The zero-order chi connectivity index (χ0) is 14.8. The minimum atomic E-state index is -2.83. The third-order valence-electron chi connectivity index (χ3n) is 3.22. The Labute approximate surface area is 120 Å². The van der Waals surface area contributed by atoms with E-state index in [1.54, 1.807) is 0 Å². The molecule has 1 aromatic heterocycles. The molecule has 0 aliphatic carbocycles. The van der Waals surface area contributed by atoms with Crippen molar-refractivity contribution in [3.05, 3.63) is 17.5 Å². The Hall–Kier alpha value is -0.920. The van der Waals surface area contributed by atoms with Gasteiger partial charge in [0.1, 0.15) is 0 Å². The maximum Gasteiger partial charge on any atom is 0.152 e. The lowest BCUT2D eigenvalue weighted by Crippen LogP contribution is -2.39. The summed E-state index contributed by atoms with van der Waals surface area (Å²) in [6.07, 6.45) is 0. The molecule has 0 radical (unpaired) electrons. The summed E-state index contributed by atoms with van der Waals surface area (Å²) < 4.78 is 28.0. The number of aromatic nitrogens is 1. The Balaban J connectivity index is 1.84. The summed E-state index contributed by atoms with van der Waals surface area (Å²) in [5.74, 6) is 1.26. The summed E-state index contributed by atoms with van der Waals surface area (Å²) >= 11 is 0. The fraction of sp³-hybridized carbons (Fsp3) is 0.769. The molecule has 114 valence electrons. The Bertz CT molecular complexity index is 531. The molecule has 0 amide bonds. The van der Waals surface area contributed by atoms with Gasteiger partial charge in [-0.2, -0.15) is 0 Å². The van der Waals surface area contributed by atoms with Gasteiger partial charge in [-0.15, -0.1) is 0 Å². The number of hydrogen-bond acceptors (Lipinski definition) is 6. The zero-order valence-corrected chi connectivity index (χ0v) is 13.2. The van der Waals surface area contributed by atoms with E-state index in [-0.39, 0.29) is 17.0 Å². The quantitative estimate of drug-likeness (QED) is 0.886. The highest BCUT2D eigenvalue weighted by Gasteiger charge is 2.22. The van der Waals surface area contributed by atoms with E-state index in [2.05, 4.69) is 36.1 Å². The van der Waals surface area contributed by atoms with Crippen LogP contribution in [-0.4, -0.2) is 48.6 Å². The monoisotopic (exact) mass is 301 g/mol. The molecule has 0 saturated carbocycles. The van der Waals surface area contributed by atoms with E-state index in [0.717, 1.165) is 11.5 Å². The van der Waals surface area contributed by atoms with Crippen molar-refractivity contribution in [2.45, 2.75) is 39.4 Å². The van der Waals surface area contributed by atoms with Crippen molar-refractivity contribution in [3.8, 4) is 0 Å². The molecule has 1 aliphatic heterocycles. The normalized spacial score (nSPS) is 20.1. The molecule has 1 aliphatic rings. The van der Waals surface area contributed by atoms with Gasteiger partial charge in [0.25, 0.3) is 0 Å². The molecule has 1 N–H and O–H groups in total. The van der Waals surface area contributed by atoms with E-state index < -0.39 is 9.84 Å². The standard InChI is InChI=1S/C13H23N3O3S/c1-13(2,3)14-9-11-8-12(19-15-11)10-16-4-6-20(17,18)7-5-16/h8,14H,4-7,9-10H2,1-3H3. The van der Waals surface area contributed by atoms with Gasteiger partial charge in [0.15, 0.2) is 15.6 Å². The van der Waals surface area contributed by atoms with Crippen LogP contribution in [0.25, 0.3) is 0 Å². The SMILES string of the molecule is CC(C)(C)NCc1cc(CN2CCS(=O)(=O)CC2)on1. The third-order valence-corrected chi connectivity index (χ3v) is 4.83. The van der Waals surface area contributed by atoms with Crippen LogP contribution in [0.1, 0.15) is 32.2 Å². The molecule has 2 heterocycles. The zero-order valence-electron chi connectivity index (χ0n) is 12.3. The Kier molecular flexibility index (Phi) is 4.51. The average Bonchev–Trinajstić information content (AvgIpc) is 2.76. The molecule has 1 fully saturated rings. The smallest absolute Gasteiger partial charge is 0.152 e. The summed E-state index contributed by atoms with van der Waals surface area (Å²) in [5.41, 5.74) is 0.917. The van der Waals surface area contributed by atoms with Crippen LogP contribution in [0.3, 0.4) is 0 Å². The molecular formula is C13H23N3O3S. The first-order chi connectivity index (χ1) is 9.23. The number of sulfone groups is 1. The van der Waals surface area contributed by atoms with Crippen LogP contribution in [0, 0.1) is 0 Å². The Morgan fingerprint density at radius 1 is 1.35 bits per heavy atom. The molecule has 6 nitrogen and oxygen atoms in total. The van der Waals surface area contributed by atoms with Gasteiger partial charge in [-0.05, 0) is 20.8 Å². The second kappa shape index (κ2) is 5.83. The first kappa shape index (κ1) is 15.5. The lowest BCUT2D eigenvalue weighted by Gasteiger charge is -2.25. The molecular weight excluding hydrogens is 278 g/mol. The van der Waals surface area contributed by atoms with E-state index in [1.165, 1.54) is 0 Å². The maximum atomic E-state index is 11.4. The number of hydrogen-bond donors (Lipinski definition) is 1. The first-order valence-electron chi connectivity index (χ1n) is 6.86. The summed E-state index contributed by atoms with van der Waals surface area (Å²) in [6, 6.07) is 1.93. The summed E-state index contributed by atoms with van der Waals surface area (Å²) in [4.78, 5) is 2.09. The highest BCUT2D eigenvalue weighted by atomic mass is 32.2. The van der Waals surface area contributed by atoms with Crippen LogP contribution in [0.2, 0.25) is 0 Å². The van der Waals surface area contributed by atoms with Crippen molar-refractivity contribution in [2.24, 2.45) is 0 Å². The molecule has 1 saturated heterocycles. The fourth-order valence-corrected chi connectivity index (χ4v) is 3.27. The Morgan fingerprint density at radius 2 is 2.00 bits per heavy atom. The van der Waals surface area contributed by atoms with Crippen molar-refractivity contribution in [1.29, 1.82) is 0 Å². The van der Waals surface area contributed by atoms with Crippen LogP contribution < -0.4 is 5.32 Å². The molecule has 0 unspecified atom stereocenters. The number of rotatable bonds is 4. The van der Waals surface area contributed by atoms with E-state index in [4.69, 9.17) is 4.52 Å². The second-order valence-electron chi connectivity index (χ2n) is 6.32. The largest absolute Gasteiger partial charge is 0.360 e. The molecule has 1 aromatic rings. The second-order valence-corrected chi connectivity index (χ2v) is 8.62. The average molecular weight is 301 g/mol. The van der Waals surface area contributed by atoms with Crippen LogP contribution in [0.15, 0.2) is 10.6 Å². The van der Waals surface area contributed by atoms with Crippen molar-refractivity contribution < 1.29 is 12.9 Å². The van der Waals surface area contributed by atoms with Crippen molar-refractivity contribution >= 4 is 9.84 Å². The van der Waals surface area contributed by atoms with Crippen LogP contribution in [-0.2, 0) is 22.9 Å². The predicted octanol–water partition coefficient (Wildman–Crippen LogP) is 0.793. The molecule has 20 heavy (non-hydrogen) atoms. The van der Waals surface area contributed by atoms with Gasteiger partial charge in [-0.1, -0.05) is 5.16 Å². The highest BCUT2D eigenvalue weighted by molar-refractivity contribution is 7.91. The molecule has 0 bridgehead atoms. The van der Waals surface area contributed by atoms with Crippen LogP contribution >= 0.6 is 0 Å². The van der Waals surface area contributed by atoms with Gasteiger partial charge < -0.3 is 9.84 Å². The number of nitrogens with one attached hydrogen (secondary N) is 1. The topological polar surface area (TPSA) is 75.4 Å². The van der Waals surface area contributed by atoms with Gasteiger partial charge in [0, 0.05) is 31.2 Å². The van der Waals surface area contributed by atoms with Crippen molar-refractivity contribution in [2.75, 3.05) is 24.6 Å². The van der Waals surface area contributed by atoms with Gasteiger partial charge >= 0.3 is 0 Å². The highest BCUT2D eigenvalue weighted by Crippen LogP contribution is 2.11. The van der Waals surface area contributed by atoms with Gasteiger partial charge in [0.05, 0.1) is 23.7 Å². The molecule has 0 spiro atoms. The molecule has 7 heteroatoms. The van der Waals surface area contributed by atoms with Gasteiger partial charge in [0.2, 0.25) is 0 Å². The number of nitrogens with zero attached hydrogens (tertiary/aromatic N) is 2. The predicted molar refractivity (Wildman–Crippen MR) is 77.0 cm³/mol. The Morgan fingerprint density at radius 3 is 2.60 bits per heavy atom. The first-order valence-corrected chi connectivity index (χ1v) is 8.68. The molecule has 0 aromatic carbocycles. The minimum absolute atomic E-state index is 0.0420. The summed E-state index contributed by atoms with van der Waals surface area (Å²) in [7, 11) is -2.83. The van der Waals surface area contributed by atoms with Crippen molar-refractivity contribution in [1.82, 2.24) is 15.4 Å². The fourth-order valence-electron chi connectivity index (χ4n) is 2.00. The third kappa shape index (κ3) is 4.88. The van der Waals surface area contributed by atoms with Crippen LogP contribution in [0.5, 0.6) is 0 Å². The van der Waals surface area contributed by atoms with E-state index in [1.807, 2.05) is 6.07 Å². The van der Waals surface area contributed by atoms with Crippen molar-refractivity contribution in [3.63, 3.8) is 0 Å². The van der Waals surface area contributed by atoms with E-state index in [0.29, 0.717) is 26.2 Å². The van der Waals surface area contributed by atoms with E-state index in [9.17, 15) is 8.42 Å². The molecule has 0 atom stereocenters. The minimum Gasteiger partial charge on any atom is -0.360 e. The maximum absolute atomic E-state index is 11.4. The summed E-state index contributed by atoms with van der Waals surface area (Å²) in [6.45, 7) is 8.73. The van der Waals surface area contributed by atoms with Gasteiger partial charge in [-0.3, -0.25) is 4.90 Å². The lowest BCUT2D eigenvalue weighted by molar-refractivity contribution is 0.246. The molecule has 2 rings (SSSR count). The lowest BCUT2D eigenvalue weighted by atomic mass is 10.1. The van der Waals surface area contributed by atoms with Gasteiger partial charge in [-0.25, -0.2) is 8.42 Å². The van der Waals surface area contributed by atoms with E-state index >= 15 is 0 Å². The summed E-state index contributed by atoms with van der Waals surface area (Å²) in [5, 5.41) is 7.38.